The summed E-state index contributed by atoms with van der Waals surface area (Å²) in [6.45, 7) is 0. The van der Waals surface area contributed by atoms with E-state index in [9.17, 15) is 13.2 Å². The molecule has 0 heterocycles. The van der Waals surface area contributed by atoms with Gasteiger partial charge in [0.15, 0.2) is 5.83 Å². The summed E-state index contributed by atoms with van der Waals surface area (Å²) in [7, 11) is 0. The number of rotatable bonds is 2. The van der Waals surface area contributed by atoms with E-state index in [1.165, 1.54) is 6.42 Å². The SMILES string of the molecule is FC(F)=C(F)CC1CCCCC1. The summed E-state index contributed by atoms with van der Waals surface area (Å²) in [5.74, 6) is -1.05. The van der Waals surface area contributed by atoms with E-state index in [0.717, 1.165) is 25.7 Å². The lowest BCUT2D eigenvalue weighted by Crippen LogP contribution is -2.06. The summed E-state index contributed by atoms with van der Waals surface area (Å²) in [5, 5.41) is 0. The molecule has 1 aliphatic carbocycles. The molecule has 0 atom stereocenters. The van der Waals surface area contributed by atoms with Gasteiger partial charge in [-0.05, 0) is 5.92 Å². The molecule has 0 aromatic rings. The van der Waals surface area contributed by atoms with Crippen LogP contribution in [0.5, 0.6) is 0 Å². The minimum Gasteiger partial charge on any atom is -0.206 e. The molecule has 1 fully saturated rings. The van der Waals surface area contributed by atoms with Crippen LogP contribution >= 0.6 is 0 Å². The van der Waals surface area contributed by atoms with Gasteiger partial charge in [-0.15, -0.1) is 0 Å². The summed E-state index contributed by atoms with van der Waals surface area (Å²) in [5.41, 5.74) is 0. The molecular formula is C9H13F3. The fourth-order valence-electron chi connectivity index (χ4n) is 1.72. The third-order valence-corrected chi connectivity index (χ3v) is 2.40. The molecule has 0 saturated heterocycles. The van der Waals surface area contributed by atoms with E-state index in [4.69, 9.17) is 0 Å². The van der Waals surface area contributed by atoms with Crippen LogP contribution in [-0.2, 0) is 0 Å². The highest BCUT2D eigenvalue weighted by Crippen LogP contribution is 2.30. The van der Waals surface area contributed by atoms with Crippen LogP contribution in [0.25, 0.3) is 0 Å². The third-order valence-electron chi connectivity index (χ3n) is 2.40. The van der Waals surface area contributed by atoms with Crippen LogP contribution in [0.2, 0.25) is 0 Å². The largest absolute Gasteiger partial charge is 0.301 e. The van der Waals surface area contributed by atoms with E-state index >= 15 is 0 Å². The van der Waals surface area contributed by atoms with Crippen molar-refractivity contribution in [1.29, 1.82) is 0 Å². The minimum absolute atomic E-state index is 0.0532. The molecule has 0 aliphatic heterocycles. The average molecular weight is 178 g/mol. The van der Waals surface area contributed by atoms with E-state index < -0.39 is 11.9 Å². The lowest BCUT2D eigenvalue weighted by atomic mass is 9.87. The van der Waals surface area contributed by atoms with Gasteiger partial charge in [0, 0.05) is 6.42 Å². The van der Waals surface area contributed by atoms with Gasteiger partial charge in [-0.25, -0.2) is 4.39 Å². The van der Waals surface area contributed by atoms with Gasteiger partial charge in [-0.3, -0.25) is 0 Å². The summed E-state index contributed by atoms with van der Waals surface area (Å²) < 4.78 is 35.8. The molecule has 12 heavy (non-hydrogen) atoms. The zero-order chi connectivity index (χ0) is 8.97. The topological polar surface area (TPSA) is 0 Å². The van der Waals surface area contributed by atoms with Crippen molar-refractivity contribution in [2.75, 3.05) is 0 Å². The Kier molecular flexibility index (Phi) is 3.63. The van der Waals surface area contributed by atoms with Crippen molar-refractivity contribution in [2.24, 2.45) is 5.92 Å². The molecule has 1 aliphatic rings. The highest BCUT2D eigenvalue weighted by molar-refractivity contribution is 4.93. The predicted molar refractivity (Wildman–Crippen MR) is 41.5 cm³/mol. The van der Waals surface area contributed by atoms with Crippen molar-refractivity contribution in [2.45, 2.75) is 38.5 Å². The first-order valence-electron chi connectivity index (χ1n) is 4.40. The molecule has 0 aromatic heterocycles. The summed E-state index contributed by atoms with van der Waals surface area (Å²) in [4.78, 5) is 0. The van der Waals surface area contributed by atoms with E-state index in [1.807, 2.05) is 0 Å². The first-order chi connectivity index (χ1) is 5.70. The molecule has 0 amide bonds. The van der Waals surface area contributed by atoms with Crippen LogP contribution in [0.15, 0.2) is 11.9 Å². The Labute approximate surface area is 70.5 Å². The normalized spacial score (nSPS) is 19.2. The first kappa shape index (κ1) is 9.62. The Morgan fingerprint density at radius 1 is 1.00 bits per heavy atom. The molecule has 0 nitrogen and oxygen atoms in total. The van der Waals surface area contributed by atoms with Crippen molar-refractivity contribution in [3.63, 3.8) is 0 Å². The fraction of sp³-hybridized carbons (Fsp3) is 0.778. The van der Waals surface area contributed by atoms with Crippen LogP contribution < -0.4 is 0 Å². The number of halogens is 3. The van der Waals surface area contributed by atoms with Crippen molar-refractivity contribution in [3.8, 4) is 0 Å². The molecule has 0 radical (unpaired) electrons. The second-order valence-electron chi connectivity index (χ2n) is 3.37. The molecular weight excluding hydrogens is 165 g/mol. The van der Waals surface area contributed by atoms with Gasteiger partial charge in [-0.1, -0.05) is 32.1 Å². The average Bonchev–Trinajstić information content (AvgIpc) is 2.06. The van der Waals surface area contributed by atoms with Gasteiger partial charge in [0.2, 0.25) is 0 Å². The van der Waals surface area contributed by atoms with Crippen molar-refractivity contribution in [1.82, 2.24) is 0 Å². The lowest BCUT2D eigenvalue weighted by Gasteiger charge is -2.19. The third kappa shape index (κ3) is 2.88. The number of hydrogen-bond acceptors (Lipinski definition) is 0. The second-order valence-corrected chi connectivity index (χ2v) is 3.37. The van der Waals surface area contributed by atoms with Crippen LogP contribution in [0, 0.1) is 5.92 Å². The molecule has 70 valence electrons. The predicted octanol–water partition coefficient (Wildman–Crippen LogP) is 4.03. The van der Waals surface area contributed by atoms with Crippen LogP contribution in [0.1, 0.15) is 38.5 Å². The van der Waals surface area contributed by atoms with Gasteiger partial charge in [0.1, 0.15) is 0 Å². The Balaban J connectivity index is 2.34. The Morgan fingerprint density at radius 3 is 2.08 bits per heavy atom. The molecule has 0 unspecified atom stereocenters. The van der Waals surface area contributed by atoms with E-state index in [-0.39, 0.29) is 12.3 Å². The van der Waals surface area contributed by atoms with Gasteiger partial charge < -0.3 is 0 Å². The van der Waals surface area contributed by atoms with Crippen LogP contribution in [0.4, 0.5) is 13.2 Å². The van der Waals surface area contributed by atoms with Gasteiger partial charge >= 0.3 is 6.08 Å². The highest BCUT2D eigenvalue weighted by atomic mass is 19.3. The first-order valence-corrected chi connectivity index (χ1v) is 4.40. The molecule has 0 aromatic carbocycles. The standard InChI is InChI=1S/C9H13F3/c10-8(9(11)12)6-7-4-2-1-3-5-7/h7H,1-6H2. The maximum Gasteiger partial charge on any atom is 0.301 e. The maximum absolute atomic E-state index is 12.4. The van der Waals surface area contributed by atoms with E-state index in [2.05, 4.69) is 0 Å². The molecule has 0 bridgehead atoms. The summed E-state index contributed by atoms with van der Waals surface area (Å²) in [6, 6.07) is 0. The monoisotopic (exact) mass is 178 g/mol. The number of allylic oxidation sites excluding steroid dienone is 1. The van der Waals surface area contributed by atoms with Gasteiger partial charge in [0.25, 0.3) is 0 Å². The van der Waals surface area contributed by atoms with Crippen LogP contribution in [-0.4, -0.2) is 0 Å². The fourth-order valence-corrected chi connectivity index (χ4v) is 1.72. The molecule has 1 rings (SSSR count). The summed E-state index contributed by atoms with van der Waals surface area (Å²) in [6.07, 6.45) is 2.90. The molecule has 3 heteroatoms. The Hall–Kier alpha value is -0.470. The highest BCUT2D eigenvalue weighted by Gasteiger charge is 2.17. The second kappa shape index (κ2) is 4.53. The molecule has 0 spiro atoms. The van der Waals surface area contributed by atoms with Gasteiger partial charge in [0.05, 0.1) is 0 Å². The number of hydrogen-bond donors (Lipinski definition) is 0. The van der Waals surface area contributed by atoms with Crippen molar-refractivity contribution >= 4 is 0 Å². The van der Waals surface area contributed by atoms with E-state index in [0.29, 0.717) is 0 Å². The quantitative estimate of drug-likeness (QED) is 0.598. The van der Waals surface area contributed by atoms with E-state index in [1.54, 1.807) is 0 Å². The maximum atomic E-state index is 12.4. The Morgan fingerprint density at radius 2 is 1.58 bits per heavy atom. The smallest absolute Gasteiger partial charge is 0.206 e. The van der Waals surface area contributed by atoms with Crippen molar-refractivity contribution in [3.05, 3.63) is 11.9 Å². The minimum atomic E-state index is -2.14. The summed E-state index contributed by atoms with van der Waals surface area (Å²) >= 11 is 0. The van der Waals surface area contributed by atoms with Crippen LogP contribution in [0.3, 0.4) is 0 Å². The molecule has 0 N–H and O–H groups in total. The van der Waals surface area contributed by atoms with Crippen molar-refractivity contribution < 1.29 is 13.2 Å². The zero-order valence-electron chi connectivity index (χ0n) is 6.95. The molecule has 1 saturated carbocycles. The lowest BCUT2D eigenvalue weighted by molar-refractivity contribution is 0.308. The zero-order valence-corrected chi connectivity index (χ0v) is 6.95. The Bertz CT molecular complexity index is 165. The van der Waals surface area contributed by atoms with Gasteiger partial charge in [-0.2, -0.15) is 8.78 Å².